The van der Waals surface area contributed by atoms with Crippen molar-refractivity contribution >= 4 is 45.9 Å². The molecule has 2 rings (SSSR count). The predicted molar refractivity (Wildman–Crippen MR) is 86.7 cm³/mol. The lowest BCUT2D eigenvalue weighted by Crippen LogP contribution is -2.19. The fourth-order valence-corrected chi connectivity index (χ4v) is 3.23. The third-order valence-electron chi connectivity index (χ3n) is 2.56. The minimum absolute atomic E-state index is 0.310. The second-order valence-corrected chi connectivity index (χ2v) is 6.98. The molecule has 1 heterocycles. The zero-order valence-electron chi connectivity index (χ0n) is 11.9. The maximum Gasteiger partial charge on any atom is 0.325 e. The molecule has 1 atom stereocenters. The maximum absolute atomic E-state index is 11.8. The zero-order chi connectivity index (χ0) is 16.1. The monoisotopic (exact) mass is 338 g/mol. The number of carboxylic acid groups (broad SMARTS) is 1. The van der Waals surface area contributed by atoms with Crippen molar-refractivity contribution in [3.05, 3.63) is 29.8 Å². The Morgan fingerprint density at radius 3 is 2.55 bits per heavy atom. The Hall–Kier alpha value is -2.13. The third-order valence-corrected chi connectivity index (χ3v) is 4.57. The molecule has 116 valence electrons. The zero-order valence-corrected chi connectivity index (χ0v) is 13.5. The molecule has 2 aromatic rings. The number of hydrogen-bond acceptors (Lipinski definition) is 6. The molecule has 0 fully saturated rings. The summed E-state index contributed by atoms with van der Waals surface area (Å²) in [7, 11) is 0. The van der Waals surface area contributed by atoms with Gasteiger partial charge in [-0.25, -0.2) is 4.79 Å². The molecule has 0 spiro atoms. The highest BCUT2D eigenvalue weighted by Gasteiger charge is 2.16. The topological polar surface area (TPSA) is 104 Å². The molecule has 0 radical (unpaired) electrons. The molecule has 2 amide bonds. The number of hydrogen-bond donors (Lipinski definition) is 3. The molecule has 0 aliphatic carbocycles. The smallest absolute Gasteiger partial charge is 0.325 e. The molecule has 7 nitrogen and oxygen atoms in total. The van der Waals surface area contributed by atoms with Crippen molar-refractivity contribution in [3.63, 3.8) is 0 Å². The molecule has 0 unspecified atom stereocenters. The molecule has 0 saturated carbocycles. The number of thioether (sulfide) groups is 1. The number of amides is 2. The Morgan fingerprint density at radius 1 is 1.23 bits per heavy atom. The van der Waals surface area contributed by atoms with Gasteiger partial charge in [0.2, 0.25) is 5.13 Å². The second kappa shape index (κ2) is 7.23. The van der Waals surface area contributed by atoms with Crippen LogP contribution in [0.4, 0.5) is 15.6 Å². The molecule has 1 aromatic heterocycles. The van der Waals surface area contributed by atoms with Crippen molar-refractivity contribution in [3.8, 4) is 0 Å². The van der Waals surface area contributed by atoms with Crippen molar-refractivity contribution in [1.82, 2.24) is 10.2 Å². The van der Waals surface area contributed by atoms with Gasteiger partial charge in [0.05, 0.1) is 0 Å². The number of aryl methyl sites for hydroxylation is 1. The van der Waals surface area contributed by atoms with Gasteiger partial charge in [-0.1, -0.05) is 40.8 Å². The summed E-state index contributed by atoms with van der Waals surface area (Å²) in [6.07, 6.45) is 0. The van der Waals surface area contributed by atoms with Crippen LogP contribution in [0.5, 0.6) is 0 Å². The van der Waals surface area contributed by atoms with E-state index in [0.29, 0.717) is 15.2 Å². The number of aliphatic carboxylic acids is 1. The van der Waals surface area contributed by atoms with Gasteiger partial charge in [0.1, 0.15) is 5.25 Å². The molecular formula is C13H14N4O3S2. The van der Waals surface area contributed by atoms with Gasteiger partial charge in [0, 0.05) is 5.69 Å². The molecule has 22 heavy (non-hydrogen) atoms. The molecule has 3 N–H and O–H groups in total. The Kier molecular flexibility index (Phi) is 5.34. The quantitative estimate of drug-likeness (QED) is 0.572. The summed E-state index contributed by atoms with van der Waals surface area (Å²) in [4.78, 5) is 22.6. The number of nitrogens with zero attached hydrogens (tertiary/aromatic N) is 2. The van der Waals surface area contributed by atoms with E-state index in [4.69, 9.17) is 5.11 Å². The van der Waals surface area contributed by atoms with Crippen LogP contribution in [0.3, 0.4) is 0 Å². The fourth-order valence-electron chi connectivity index (χ4n) is 1.41. The van der Waals surface area contributed by atoms with Gasteiger partial charge in [-0.05, 0) is 26.0 Å². The fraction of sp³-hybridized carbons (Fsp3) is 0.231. The first-order chi connectivity index (χ1) is 10.4. The van der Waals surface area contributed by atoms with Gasteiger partial charge >= 0.3 is 12.0 Å². The van der Waals surface area contributed by atoms with Crippen molar-refractivity contribution in [2.24, 2.45) is 0 Å². The van der Waals surface area contributed by atoms with Crippen LogP contribution in [-0.2, 0) is 4.79 Å². The summed E-state index contributed by atoms with van der Waals surface area (Å²) < 4.78 is 0.487. The van der Waals surface area contributed by atoms with Crippen molar-refractivity contribution in [2.75, 3.05) is 10.6 Å². The number of carbonyl (C=O) groups excluding carboxylic acids is 1. The summed E-state index contributed by atoms with van der Waals surface area (Å²) >= 11 is 2.20. The molecule has 0 aliphatic heterocycles. The van der Waals surface area contributed by atoms with Crippen LogP contribution in [0, 0.1) is 6.92 Å². The summed E-state index contributed by atoms with van der Waals surface area (Å²) in [6.45, 7) is 3.52. The average molecular weight is 338 g/mol. The SMILES string of the molecule is Cc1ccc(NC(=O)Nc2nnc(S[C@H](C)C(=O)O)s2)cc1. The summed E-state index contributed by atoms with van der Waals surface area (Å²) in [5.41, 5.74) is 1.77. The van der Waals surface area contributed by atoms with E-state index >= 15 is 0 Å². The van der Waals surface area contributed by atoms with Crippen molar-refractivity contribution in [1.29, 1.82) is 0 Å². The van der Waals surface area contributed by atoms with E-state index in [1.54, 1.807) is 19.1 Å². The lowest BCUT2D eigenvalue weighted by atomic mass is 10.2. The lowest BCUT2D eigenvalue weighted by molar-refractivity contribution is -0.136. The highest BCUT2D eigenvalue weighted by atomic mass is 32.2. The van der Waals surface area contributed by atoms with E-state index in [0.717, 1.165) is 28.7 Å². The highest BCUT2D eigenvalue weighted by molar-refractivity contribution is 8.02. The molecule has 0 saturated heterocycles. The number of carbonyl (C=O) groups is 2. The van der Waals surface area contributed by atoms with Gasteiger partial charge in [0.25, 0.3) is 0 Å². The van der Waals surface area contributed by atoms with Crippen LogP contribution in [0.1, 0.15) is 12.5 Å². The van der Waals surface area contributed by atoms with E-state index in [1.165, 1.54) is 0 Å². The van der Waals surface area contributed by atoms with Crippen LogP contribution in [-0.4, -0.2) is 32.6 Å². The van der Waals surface area contributed by atoms with E-state index in [1.807, 2.05) is 19.1 Å². The number of benzene rings is 1. The van der Waals surface area contributed by atoms with E-state index in [-0.39, 0.29) is 0 Å². The largest absolute Gasteiger partial charge is 0.480 e. The van der Waals surface area contributed by atoms with Crippen LogP contribution in [0.25, 0.3) is 0 Å². The van der Waals surface area contributed by atoms with Gasteiger partial charge in [-0.15, -0.1) is 10.2 Å². The number of nitrogens with one attached hydrogen (secondary N) is 2. The Bertz CT molecular complexity index is 672. The van der Waals surface area contributed by atoms with E-state index in [9.17, 15) is 9.59 Å². The second-order valence-electron chi connectivity index (χ2n) is 4.42. The highest BCUT2D eigenvalue weighted by Crippen LogP contribution is 2.28. The number of urea groups is 1. The first-order valence-electron chi connectivity index (χ1n) is 6.31. The minimum Gasteiger partial charge on any atom is -0.480 e. The van der Waals surface area contributed by atoms with Gasteiger partial charge < -0.3 is 10.4 Å². The first kappa shape index (κ1) is 16.2. The van der Waals surface area contributed by atoms with Gasteiger partial charge in [-0.3, -0.25) is 10.1 Å². The van der Waals surface area contributed by atoms with Crippen molar-refractivity contribution in [2.45, 2.75) is 23.4 Å². The number of anilines is 2. The molecular weight excluding hydrogens is 324 g/mol. The summed E-state index contributed by atoms with van der Waals surface area (Å²) in [5, 5.41) is 21.4. The lowest BCUT2D eigenvalue weighted by Gasteiger charge is -2.05. The predicted octanol–water partition coefficient (Wildman–Crippen LogP) is 3.06. The Morgan fingerprint density at radius 2 is 1.91 bits per heavy atom. The van der Waals surface area contributed by atoms with Gasteiger partial charge in [0.15, 0.2) is 4.34 Å². The van der Waals surface area contributed by atoms with Gasteiger partial charge in [-0.2, -0.15) is 0 Å². The van der Waals surface area contributed by atoms with Crippen LogP contribution in [0.2, 0.25) is 0 Å². The average Bonchev–Trinajstić information content (AvgIpc) is 2.88. The molecule has 1 aromatic carbocycles. The molecule has 0 aliphatic rings. The normalized spacial score (nSPS) is 11.7. The Balaban J connectivity index is 1.90. The minimum atomic E-state index is -0.924. The third kappa shape index (κ3) is 4.71. The van der Waals surface area contributed by atoms with Crippen LogP contribution < -0.4 is 10.6 Å². The standard InChI is InChI=1S/C13H14N4O3S2/c1-7-3-5-9(6-4-7)14-11(20)15-12-16-17-13(22-12)21-8(2)10(18)19/h3-6,8H,1-2H3,(H,18,19)(H2,14,15,16,20)/t8-/m1/s1. The maximum atomic E-state index is 11.8. The summed E-state index contributed by atoms with van der Waals surface area (Å²) in [6, 6.07) is 6.95. The first-order valence-corrected chi connectivity index (χ1v) is 8.01. The van der Waals surface area contributed by atoms with E-state index in [2.05, 4.69) is 20.8 Å². The Labute approximate surface area is 135 Å². The number of aromatic nitrogens is 2. The van der Waals surface area contributed by atoms with Crippen LogP contribution >= 0.6 is 23.1 Å². The van der Waals surface area contributed by atoms with Crippen molar-refractivity contribution < 1.29 is 14.7 Å². The van der Waals surface area contributed by atoms with Crippen LogP contribution in [0.15, 0.2) is 28.6 Å². The molecule has 9 heteroatoms. The molecule has 0 bridgehead atoms. The van der Waals surface area contributed by atoms with E-state index < -0.39 is 17.3 Å². The summed E-state index contributed by atoms with van der Waals surface area (Å²) in [5.74, 6) is -0.924. The number of rotatable bonds is 5. The number of carboxylic acids is 1.